The van der Waals surface area contributed by atoms with Gasteiger partial charge in [0.25, 0.3) is 0 Å². The van der Waals surface area contributed by atoms with Gasteiger partial charge in [0, 0.05) is 33.6 Å². The molecule has 1 fully saturated rings. The van der Waals surface area contributed by atoms with Gasteiger partial charge >= 0.3 is 0 Å². The van der Waals surface area contributed by atoms with Crippen molar-refractivity contribution in [3.05, 3.63) is 76.3 Å². The maximum absolute atomic E-state index is 6.50. The molecule has 5 rings (SSSR count). The first kappa shape index (κ1) is 17.9. The Balaban J connectivity index is 1.64. The predicted octanol–water partition coefficient (Wildman–Crippen LogP) is 6.29. The predicted molar refractivity (Wildman–Crippen MR) is 113 cm³/mol. The number of hydrogen-bond donors (Lipinski definition) is 1. The number of nitrogens with one attached hydrogen (secondary N) is 1. The van der Waals surface area contributed by atoms with Crippen LogP contribution in [0.4, 0.5) is 0 Å². The van der Waals surface area contributed by atoms with Gasteiger partial charge in [-0.05, 0) is 54.9 Å². The van der Waals surface area contributed by atoms with Crippen molar-refractivity contribution in [2.45, 2.75) is 18.4 Å². The van der Waals surface area contributed by atoms with Crippen molar-refractivity contribution in [2.24, 2.45) is 0 Å². The third-order valence-electron chi connectivity index (χ3n) is 5.38. The lowest BCUT2D eigenvalue weighted by Gasteiger charge is -2.24. The number of hydrogen-bond acceptors (Lipinski definition) is 3. The third-order valence-corrected chi connectivity index (χ3v) is 5.93. The maximum Gasteiger partial charge on any atom is 0.170 e. The topological polar surface area (TPSA) is 30.5 Å². The fraction of sp³-hybridized carbons (Fsp3) is 0.217. The van der Waals surface area contributed by atoms with Crippen molar-refractivity contribution < 1.29 is 9.47 Å². The number of piperidine rings is 1. The van der Waals surface area contributed by atoms with Crippen molar-refractivity contribution >= 4 is 23.2 Å². The minimum atomic E-state index is 0.185. The monoisotopic (exact) mass is 411 g/mol. The SMILES string of the molecule is Clc1ccc(-c2cc(Oc3ccccc3)c3c(c2)[C@@H]2CNCC[C@@H]2O3)c(Cl)c1. The second-order valence-corrected chi connectivity index (χ2v) is 8.03. The molecular formula is C23H19Cl2NO2. The van der Waals surface area contributed by atoms with Gasteiger partial charge in [-0.1, -0.05) is 47.5 Å². The van der Waals surface area contributed by atoms with E-state index in [1.54, 1.807) is 6.07 Å². The Morgan fingerprint density at radius 1 is 1.00 bits per heavy atom. The number of ether oxygens (including phenoxy) is 2. The molecule has 2 heterocycles. The molecule has 0 bridgehead atoms. The summed E-state index contributed by atoms with van der Waals surface area (Å²) in [5, 5.41) is 4.72. The maximum atomic E-state index is 6.50. The number of halogens is 2. The Hall–Kier alpha value is -2.20. The summed E-state index contributed by atoms with van der Waals surface area (Å²) < 4.78 is 12.6. The van der Waals surface area contributed by atoms with E-state index in [2.05, 4.69) is 11.4 Å². The molecule has 2 atom stereocenters. The summed E-state index contributed by atoms with van der Waals surface area (Å²) >= 11 is 12.6. The smallest absolute Gasteiger partial charge is 0.170 e. The molecule has 0 aromatic heterocycles. The van der Waals surface area contributed by atoms with Crippen LogP contribution in [-0.2, 0) is 0 Å². The molecule has 1 N–H and O–H groups in total. The van der Waals surface area contributed by atoms with Crippen LogP contribution in [0.25, 0.3) is 11.1 Å². The van der Waals surface area contributed by atoms with Crippen LogP contribution >= 0.6 is 23.2 Å². The molecule has 0 aliphatic carbocycles. The first-order valence-electron chi connectivity index (χ1n) is 9.43. The van der Waals surface area contributed by atoms with Gasteiger partial charge in [0.2, 0.25) is 0 Å². The summed E-state index contributed by atoms with van der Waals surface area (Å²) in [6, 6.07) is 19.5. The average molecular weight is 412 g/mol. The molecule has 0 unspecified atom stereocenters. The Bertz CT molecular complexity index is 1020. The van der Waals surface area contributed by atoms with Gasteiger partial charge in [0.15, 0.2) is 11.5 Å². The number of para-hydroxylation sites is 1. The van der Waals surface area contributed by atoms with Crippen LogP contribution in [-0.4, -0.2) is 19.2 Å². The molecule has 2 aliphatic rings. The molecule has 2 aliphatic heterocycles. The molecule has 0 saturated carbocycles. The lowest BCUT2D eigenvalue weighted by atomic mass is 9.89. The van der Waals surface area contributed by atoms with Crippen LogP contribution < -0.4 is 14.8 Å². The van der Waals surface area contributed by atoms with Gasteiger partial charge in [-0.3, -0.25) is 0 Å². The zero-order chi connectivity index (χ0) is 19.1. The minimum absolute atomic E-state index is 0.185. The van der Waals surface area contributed by atoms with E-state index < -0.39 is 0 Å². The van der Waals surface area contributed by atoms with Crippen molar-refractivity contribution in [2.75, 3.05) is 13.1 Å². The first-order chi connectivity index (χ1) is 13.7. The Kier molecular flexibility index (Phi) is 4.67. The van der Waals surface area contributed by atoms with E-state index in [1.807, 2.05) is 48.5 Å². The second kappa shape index (κ2) is 7.32. The van der Waals surface area contributed by atoms with Gasteiger partial charge in [0.05, 0.1) is 0 Å². The van der Waals surface area contributed by atoms with Crippen LogP contribution in [0.15, 0.2) is 60.7 Å². The van der Waals surface area contributed by atoms with Crippen LogP contribution in [0.3, 0.4) is 0 Å². The number of benzene rings is 3. The molecule has 3 nitrogen and oxygen atoms in total. The zero-order valence-corrected chi connectivity index (χ0v) is 16.6. The summed E-state index contributed by atoms with van der Waals surface area (Å²) in [6.45, 7) is 1.88. The highest BCUT2D eigenvalue weighted by Crippen LogP contribution is 2.49. The van der Waals surface area contributed by atoms with Gasteiger partial charge in [-0.25, -0.2) is 0 Å². The largest absolute Gasteiger partial charge is 0.485 e. The van der Waals surface area contributed by atoms with E-state index in [1.165, 1.54) is 5.56 Å². The third kappa shape index (κ3) is 3.24. The van der Waals surface area contributed by atoms with Crippen molar-refractivity contribution in [3.8, 4) is 28.4 Å². The first-order valence-corrected chi connectivity index (χ1v) is 10.2. The fourth-order valence-electron chi connectivity index (χ4n) is 4.03. The summed E-state index contributed by atoms with van der Waals surface area (Å²) in [4.78, 5) is 0. The number of fused-ring (bicyclic) bond motifs is 3. The van der Waals surface area contributed by atoms with Gasteiger partial charge in [-0.2, -0.15) is 0 Å². The van der Waals surface area contributed by atoms with Gasteiger partial charge in [-0.15, -0.1) is 0 Å². The molecule has 3 aromatic rings. The molecule has 0 amide bonds. The summed E-state index contributed by atoms with van der Waals surface area (Å²) in [5.41, 5.74) is 3.10. The standard InChI is InChI=1S/C23H19Cl2NO2/c24-15-6-7-17(20(25)12-15)14-10-18-19-13-26-9-8-21(19)28-23(18)22(11-14)27-16-4-2-1-3-5-16/h1-7,10-12,19,21,26H,8-9,13H2/t19-,21-/m0/s1. The molecule has 5 heteroatoms. The van der Waals surface area contributed by atoms with E-state index in [0.29, 0.717) is 16.0 Å². The Morgan fingerprint density at radius 3 is 2.68 bits per heavy atom. The normalized spacial score (nSPS) is 20.2. The second-order valence-electron chi connectivity index (χ2n) is 7.19. The molecule has 28 heavy (non-hydrogen) atoms. The van der Waals surface area contributed by atoms with Crippen molar-refractivity contribution in [3.63, 3.8) is 0 Å². The molecule has 1 saturated heterocycles. The van der Waals surface area contributed by atoms with Gasteiger partial charge < -0.3 is 14.8 Å². The number of rotatable bonds is 3. The quantitative estimate of drug-likeness (QED) is 0.548. The highest BCUT2D eigenvalue weighted by Gasteiger charge is 2.38. The lowest BCUT2D eigenvalue weighted by Crippen LogP contribution is -2.37. The van der Waals surface area contributed by atoms with E-state index in [-0.39, 0.29) is 6.10 Å². The molecule has 0 spiro atoms. The highest BCUT2D eigenvalue weighted by atomic mass is 35.5. The van der Waals surface area contributed by atoms with E-state index >= 15 is 0 Å². The summed E-state index contributed by atoms with van der Waals surface area (Å²) in [6.07, 6.45) is 1.17. The molecule has 0 radical (unpaired) electrons. The van der Waals surface area contributed by atoms with E-state index in [0.717, 1.165) is 47.9 Å². The van der Waals surface area contributed by atoms with E-state index in [4.69, 9.17) is 32.7 Å². The summed E-state index contributed by atoms with van der Waals surface area (Å²) in [5.74, 6) is 2.66. The Labute approximate surface area is 174 Å². The molecule has 3 aromatic carbocycles. The molecule has 142 valence electrons. The van der Waals surface area contributed by atoms with E-state index in [9.17, 15) is 0 Å². The van der Waals surface area contributed by atoms with Crippen LogP contribution in [0.2, 0.25) is 10.0 Å². The van der Waals surface area contributed by atoms with Crippen molar-refractivity contribution in [1.82, 2.24) is 5.32 Å². The minimum Gasteiger partial charge on any atom is -0.485 e. The molecular weight excluding hydrogens is 393 g/mol. The van der Waals surface area contributed by atoms with Crippen molar-refractivity contribution in [1.29, 1.82) is 0 Å². The van der Waals surface area contributed by atoms with Crippen LogP contribution in [0.5, 0.6) is 17.2 Å². The zero-order valence-electron chi connectivity index (χ0n) is 15.1. The van der Waals surface area contributed by atoms with Crippen LogP contribution in [0.1, 0.15) is 17.9 Å². The Morgan fingerprint density at radius 2 is 1.86 bits per heavy atom. The highest BCUT2D eigenvalue weighted by molar-refractivity contribution is 6.36. The summed E-state index contributed by atoms with van der Waals surface area (Å²) in [7, 11) is 0. The fourth-order valence-corrected chi connectivity index (χ4v) is 4.55. The lowest BCUT2D eigenvalue weighted by molar-refractivity contribution is 0.169. The van der Waals surface area contributed by atoms with Crippen LogP contribution in [0, 0.1) is 0 Å². The van der Waals surface area contributed by atoms with Gasteiger partial charge in [0.1, 0.15) is 11.9 Å². The average Bonchev–Trinajstić information content (AvgIpc) is 3.08.